The van der Waals surface area contributed by atoms with Gasteiger partial charge in [0.1, 0.15) is 0 Å². The summed E-state index contributed by atoms with van der Waals surface area (Å²) in [6.45, 7) is 7.41. The molecule has 1 atom stereocenters. The number of hydrogen-bond donors (Lipinski definition) is 1. The van der Waals surface area contributed by atoms with Crippen molar-refractivity contribution < 1.29 is 4.79 Å². The smallest absolute Gasteiger partial charge is 0.272 e. The van der Waals surface area contributed by atoms with E-state index in [9.17, 15) is 9.59 Å². The van der Waals surface area contributed by atoms with E-state index in [4.69, 9.17) is 4.98 Å². The van der Waals surface area contributed by atoms with Crippen LogP contribution < -0.4 is 5.56 Å². The first-order valence-corrected chi connectivity index (χ1v) is 12.2. The maximum Gasteiger partial charge on any atom is 0.272 e. The van der Waals surface area contributed by atoms with Crippen LogP contribution in [0, 0.1) is 5.92 Å². The minimum atomic E-state index is -0.0517. The summed E-state index contributed by atoms with van der Waals surface area (Å²) in [7, 11) is 0. The van der Waals surface area contributed by atoms with E-state index in [0.717, 1.165) is 69.5 Å². The number of likely N-dealkylation sites (tertiary alicyclic amines) is 2. The van der Waals surface area contributed by atoms with Crippen LogP contribution in [0.3, 0.4) is 0 Å². The lowest BCUT2D eigenvalue weighted by Crippen LogP contribution is -2.38. The Morgan fingerprint density at radius 2 is 1.77 bits per heavy atom. The molecular weight excluding hydrogens is 390 g/mol. The molecule has 0 spiro atoms. The molecular formula is C24H35N5O2. The van der Waals surface area contributed by atoms with Crippen molar-refractivity contribution in [3.8, 4) is 0 Å². The zero-order valence-electron chi connectivity index (χ0n) is 18.8. The van der Waals surface area contributed by atoms with Crippen LogP contribution in [-0.2, 0) is 4.79 Å². The number of hydrogen-bond acceptors (Lipinski definition) is 4. The van der Waals surface area contributed by atoms with Gasteiger partial charge in [0, 0.05) is 36.6 Å². The predicted molar refractivity (Wildman–Crippen MR) is 120 cm³/mol. The van der Waals surface area contributed by atoms with Gasteiger partial charge >= 0.3 is 0 Å². The molecule has 7 heteroatoms. The van der Waals surface area contributed by atoms with Crippen molar-refractivity contribution in [2.45, 2.75) is 83.2 Å². The Hall–Kier alpha value is -2.15. The number of nitrogens with one attached hydrogen (secondary N) is 1. The average Bonchev–Trinajstić information content (AvgIpc) is 3.53. The summed E-state index contributed by atoms with van der Waals surface area (Å²) in [4.78, 5) is 35.4. The van der Waals surface area contributed by atoms with Gasteiger partial charge < -0.3 is 9.80 Å². The highest BCUT2D eigenvalue weighted by Crippen LogP contribution is 2.36. The van der Waals surface area contributed by atoms with Gasteiger partial charge in [-0.05, 0) is 65.5 Å². The highest BCUT2D eigenvalue weighted by atomic mass is 16.2. The van der Waals surface area contributed by atoms with Gasteiger partial charge in [-0.2, -0.15) is 0 Å². The number of rotatable bonds is 4. The Labute approximate surface area is 183 Å². The van der Waals surface area contributed by atoms with Crippen LogP contribution in [0.5, 0.6) is 0 Å². The Bertz CT molecular complexity index is 995. The zero-order chi connectivity index (χ0) is 21.5. The minimum Gasteiger partial charge on any atom is -0.334 e. The summed E-state index contributed by atoms with van der Waals surface area (Å²) >= 11 is 0. The van der Waals surface area contributed by atoms with Gasteiger partial charge in [0.2, 0.25) is 5.91 Å². The van der Waals surface area contributed by atoms with Gasteiger partial charge in [-0.3, -0.25) is 14.7 Å². The lowest BCUT2D eigenvalue weighted by molar-refractivity contribution is -0.136. The van der Waals surface area contributed by atoms with Crippen LogP contribution in [0.4, 0.5) is 0 Å². The molecule has 0 bridgehead atoms. The van der Waals surface area contributed by atoms with Crippen molar-refractivity contribution in [2.24, 2.45) is 5.92 Å². The Kier molecular flexibility index (Phi) is 5.63. The maximum atomic E-state index is 13.1. The molecule has 0 unspecified atom stereocenters. The zero-order valence-corrected chi connectivity index (χ0v) is 18.8. The average molecular weight is 426 g/mol. The van der Waals surface area contributed by atoms with E-state index >= 15 is 0 Å². The quantitative estimate of drug-likeness (QED) is 0.814. The molecule has 0 aromatic carbocycles. The molecule has 1 amide bonds. The number of amides is 1. The van der Waals surface area contributed by atoms with Crippen LogP contribution in [-0.4, -0.2) is 56.0 Å². The first-order chi connectivity index (χ1) is 15.0. The van der Waals surface area contributed by atoms with E-state index in [2.05, 4.69) is 23.8 Å². The number of aromatic amines is 1. The molecule has 5 rings (SSSR count). The van der Waals surface area contributed by atoms with Crippen LogP contribution in [0.25, 0.3) is 5.65 Å². The van der Waals surface area contributed by atoms with E-state index in [1.165, 1.54) is 12.8 Å². The Balaban J connectivity index is 1.38. The second-order valence-corrected chi connectivity index (χ2v) is 10.00. The summed E-state index contributed by atoms with van der Waals surface area (Å²) in [6.07, 6.45) is 8.43. The second-order valence-electron chi connectivity index (χ2n) is 10.00. The first-order valence-electron chi connectivity index (χ1n) is 12.2. The fourth-order valence-electron chi connectivity index (χ4n) is 5.88. The number of piperidine rings is 1. The van der Waals surface area contributed by atoms with Gasteiger partial charge in [-0.25, -0.2) is 9.50 Å². The largest absolute Gasteiger partial charge is 0.334 e. The Morgan fingerprint density at radius 3 is 2.48 bits per heavy atom. The molecule has 1 N–H and O–H groups in total. The van der Waals surface area contributed by atoms with Gasteiger partial charge in [0.25, 0.3) is 5.56 Å². The van der Waals surface area contributed by atoms with Gasteiger partial charge in [-0.1, -0.05) is 12.8 Å². The normalized spacial score (nSPS) is 24.1. The molecule has 3 aliphatic rings. The first kappa shape index (κ1) is 20.7. The van der Waals surface area contributed by atoms with Crippen molar-refractivity contribution in [3.05, 3.63) is 33.9 Å². The van der Waals surface area contributed by atoms with Crippen molar-refractivity contribution in [1.29, 1.82) is 0 Å². The van der Waals surface area contributed by atoms with E-state index in [1.807, 2.05) is 11.0 Å². The molecule has 2 aromatic heterocycles. The lowest BCUT2D eigenvalue weighted by atomic mass is 9.92. The third kappa shape index (κ3) is 3.93. The van der Waals surface area contributed by atoms with E-state index in [1.54, 1.807) is 10.6 Å². The molecule has 4 heterocycles. The third-order valence-corrected chi connectivity index (χ3v) is 7.77. The third-order valence-electron chi connectivity index (χ3n) is 7.77. The van der Waals surface area contributed by atoms with Gasteiger partial charge in [0.15, 0.2) is 5.65 Å². The summed E-state index contributed by atoms with van der Waals surface area (Å²) in [5.74, 6) is 0.837. The fourth-order valence-corrected chi connectivity index (χ4v) is 5.88. The molecule has 31 heavy (non-hydrogen) atoms. The van der Waals surface area contributed by atoms with Crippen LogP contribution in [0.1, 0.15) is 88.6 Å². The molecule has 3 fully saturated rings. The number of nitrogens with zero attached hydrogens (tertiary/aromatic N) is 4. The van der Waals surface area contributed by atoms with E-state index in [-0.39, 0.29) is 17.5 Å². The number of carbonyl (C=O) groups is 1. The summed E-state index contributed by atoms with van der Waals surface area (Å²) in [6, 6.07) is 4.31. The molecule has 1 saturated carbocycles. The predicted octanol–water partition coefficient (Wildman–Crippen LogP) is 3.46. The summed E-state index contributed by atoms with van der Waals surface area (Å²) < 4.78 is 1.55. The van der Waals surface area contributed by atoms with Crippen molar-refractivity contribution >= 4 is 11.6 Å². The molecule has 7 nitrogen and oxygen atoms in total. The second kappa shape index (κ2) is 8.41. The number of H-pyrrole nitrogens is 1. The number of fused-ring (bicyclic) bond motifs is 1. The van der Waals surface area contributed by atoms with Crippen molar-refractivity contribution in [2.75, 3.05) is 19.6 Å². The molecule has 2 aromatic rings. The topological polar surface area (TPSA) is 73.7 Å². The van der Waals surface area contributed by atoms with Crippen molar-refractivity contribution in [3.63, 3.8) is 0 Å². The number of carbonyl (C=O) groups excluding carboxylic acids is 1. The van der Waals surface area contributed by atoms with Gasteiger partial charge in [-0.15, -0.1) is 0 Å². The van der Waals surface area contributed by atoms with Gasteiger partial charge in [0.05, 0.1) is 17.4 Å². The molecule has 1 aliphatic carbocycles. The van der Waals surface area contributed by atoms with Crippen molar-refractivity contribution in [1.82, 2.24) is 24.4 Å². The fraction of sp³-hybridized carbons (Fsp3) is 0.708. The monoisotopic (exact) mass is 425 g/mol. The van der Waals surface area contributed by atoms with E-state index < -0.39 is 0 Å². The minimum absolute atomic E-state index is 0.0342. The summed E-state index contributed by atoms with van der Waals surface area (Å²) in [5.41, 5.74) is 2.50. The molecule has 2 aliphatic heterocycles. The SMILES string of the molecule is CC(C)N1CCC(c2cc(=O)n3[nH]c([C@@H]4CCCN4C(=O)C4CCCC4)cc3n2)CC1. The van der Waals surface area contributed by atoms with Crippen LogP contribution in [0.2, 0.25) is 0 Å². The van der Waals surface area contributed by atoms with Crippen LogP contribution >= 0.6 is 0 Å². The Morgan fingerprint density at radius 1 is 1.03 bits per heavy atom. The summed E-state index contributed by atoms with van der Waals surface area (Å²) in [5, 5.41) is 3.27. The van der Waals surface area contributed by atoms with E-state index in [0.29, 0.717) is 23.5 Å². The number of aromatic nitrogens is 3. The standard InChI is InChI=1S/C24H35N5O2/c1-16(2)27-12-9-17(10-13-27)19-15-23(30)29-22(25-19)14-20(26-29)21-8-5-11-28(21)24(31)18-6-3-4-7-18/h14-18,21,26H,3-13H2,1-2H3/t21-/m0/s1. The maximum absolute atomic E-state index is 13.1. The highest BCUT2D eigenvalue weighted by molar-refractivity contribution is 5.79. The molecule has 0 radical (unpaired) electrons. The molecule has 168 valence electrons. The van der Waals surface area contributed by atoms with Crippen LogP contribution in [0.15, 0.2) is 16.9 Å². The lowest BCUT2D eigenvalue weighted by Gasteiger charge is -2.34. The molecule has 2 saturated heterocycles. The highest BCUT2D eigenvalue weighted by Gasteiger charge is 2.36.